The summed E-state index contributed by atoms with van der Waals surface area (Å²) >= 11 is 0. The third kappa shape index (κ3) is 7.11. The van der Waals surface area contributed by atoms with Crippen LogP contribution in [-0.2, 0) is 42.3 Å². The summed E-state index contributed by atoms with van der Waals surface area (Å²) in [6.07, 6.45) is 8.09. The van der Waals surface area contributed by atoms with Gasteiger partial charge in [0.15, 0.2) is 0 Å². The van der Waals surface area contributed by atoms with Gasteiger partial charge in [0.25, 0.3) is 0 Å². The zero-order valence-corrected chi connectivity index (χ0v) is 29.8. The fourth-order valence-corrected chi connectivity index (χ4v) is 60.2. The van der Waals surface area contributed by atoms with Crippen molar-refractivity contribution < 1.29 is 61.4 Å². The van der Waals surface area contributed by atoms with Crippen LogP contribution in [-0.4, -0.2) is 67.3 Å². The van der Waals surface area contributed by atoms with Gasteiger partial charge in [-0.15, -0.1) is 0 Å². The van der Waals surface area contributed by atoms with Crippen LogP contribution in [0.5, 0.6) is 5.75 Å². The van der Waals surface area contributed by atoms with Crippen LogP contribution >= 0.6 is 0 Å². The first-order chi connectivity index (χ1) is 21.9. The van der Waals surface area contributed by atoms with Crippen LogP contribution in [0.1, 0.15) is 22.8 Å². The van der Waals surface area contributed by atoms with Crippen LogP contribution in [0.3, 0.4) is 0 Å². The van der Waals surface area contributed by atoms with Gasteiger partial charge in [-0.1, -0.05) is 0 Å². The van der Waals surface area contributed by atoms with Crippen LogP contribution in [0.4, 0.5) is 0 Å². The average Bonchev–Trinajstić information content (AvgIpc) is 3.73. The Balaban J connectivity index is 0.000000185. The Kier molecular flexibility index (Phi) is 9.12. The van der Waals surface area contributed by atoms with Crippen LogP contribution in [0.25, 0.3) is 46.4 Å². The predicted molar refractivity (Wildman–Crippen MR) is 169 cm³/mol. The van der Waals surface area contributed by atoms with E-state index in [0.717, 1.165) is 69.1 Å². The first-order valence-corrected chi connectivity index (χ1v) is 34.1. The van der Waals surface area contributed by atoms with Crippen LogP contribution in [0.15, 0.2) is 78.9 Å². The van der Waals surface area contributed by atoms with Gasteiger partial charge < -0.3 is 9.97 Å². The molecule has 6 rings (SSSR count). The van der Waals surface area contributed by atoms with Crippen molar-refractivity contribution in [3.63, 3.8) is 0 Å². The molecule has 5 heterocycles. The maximum absolute atomic E-state index is 12.0. The molecule has 2 aliphatic rings. The average molecular weight is 776 g/mol. The van der Waals surface area contributed by atoms with E-state index in [2.05, 4.69) is 48.4 Å². The number of nitrogens with zero attached hydrogens (tertiary/aromatic N) is 2. The predicted octanol–water partition coefficient (Wildman–Crippen LogP) is 3.53. The Morgan fingerprint density at radius 1 is 0.511 bits per heavy atom. The summed E-state index contributed by atoms with van der Waals surface area (Å²) in [5.74, 6) is -0.716. The van der Waals surface area contributed by atoms with Gasteiger partial charge in [0.2, 0.25) is 0 Å². The number of hydrogen-bond acceptors (Lipinski definition) is 11. The van der Waals surface area contributed by atoms with Gasteiger partial charge in [-0.05, 0) is 72.8 Å². The molecule has 4 aromatic rings. The van der Waals surface area contributed by atoms with Gasteiger partial charge in [0.05, 0.1) is 22.8 Å². The molecule has 0 spiro atoms. The van der Waals surface area contributed by atoms with Crippen LogP contribution in [0.2, 0.25) is 0 Å². The third-order valence-electron chi connectivity index (χ3n) is 6.78. The number of nitrogens with one attached hydrogen (secondary N) is 2. The van der Waals surface area contributed by atoms with Crippen molar-refractivity contribution in [2.24, 2.45) is 0 Å². The zero-order chi connectivity index (χ0) is 34.3. The number of H-pyrrole nitrogens is 2. The summed E-state index contributed by atoms with van der Waals surface area (Å²) in [6.45, 7) is 0. The first kappa shape index (κ1) is 34.3. The summed E-state index contributed by atoms with van der Waals surface area (Å²) in [7, 11) is -34.3. The first-order valence-electron chi connectivity index (χ1n) is 13.2. The molecule has 16 nitrogen and oxygen atoms in total. The maximum atomic E-state index is 12.0. The van der Waals surface area contributed by atoms with E-state index >= 15 is 0 Å². The second-order valence-corrected chi connectivity index (χ2v) is 65.7. The number of hydrogen-bond donors (Lipinski definition) is 5. The van der Waals surface area contributed by atoms with E-state index in [4.69, 9.17) is 13.7 Å². The van der Waals surface area contributed by atoms with E-state index in [1.807, 2.05) is 48.6 Å². The van der Waals surface area contributed by atoms with E-state index in [0.29, 0.717) is 0 Å². The van der Waals surface area contributed by atoms with Crippen molar-refractivity contribution in [3.8, 4) is 5.75 Å². The Hall–Kier alpha value is -4.08. The molecule has 8 bridgehead atoms. The molecule has 0 radical (unpaired) electrons. The molecule has 3 aromatic heterocycles. The summed E-state index contributed by atoms with van der Waals surface area (Å²) in [4.78, 5) is 16.0. The molecule has 0 aliphatic carbocycles. The molecule has 0 saturated carbocycles. The fraction of sp³-hybridized carbons (Fsp3) is 0. The third-order valence-corrected chi connectivity index (χ3v) is 89.1. The Labute approximate surface area is 266 Å². The molecule has 0 atom stereocenters. The minimum atomic E-state index is -8.61. The van der Waals surface area contributed by atoms with E-state index in [-0.39, 0.29) is 0 Å². The summed E-state index contributed by atoms with van der Waals surface area (Å²) in [5.41, 5.74) is 7.86. The van der Waals surface area contributed by atoms with Crippen molar-refractivity contribution in [1.82, 2.24) is 19.9 Å². The van der Waals surface area contributed by atoms with Gasteiger partial charge in [0, 0.05) is 22.1 Å². The van der Waals surface area contributed by atoms with Gasteiger partial charge >= 0.3 is 130 Å². The van der Waals surface area contributed by atoms with E-state index in [1.54, 1.807) is 0 Å². The molecule has 1 aromatic carbocycles. The quantitative estimate of drug-likeness (QED) is 0.120. The number of aromatic nitrogens is 4. The number of rotatable bonds is 6. The summed E-state index contributed by atoms with van der Waals surface area (Å²) in [6, 6.07) is 21.8. The van der Waals surface area contributed by atoms with E-state index in [1.165, 1.54) is 6.07 Å². The molecule has 5 N–H and O–H groups in total. The number of aromatic amines is 2. The fourth-order valence-electron chi connectivity index (χ4n) is 4.75. The molecular weight excluding hydrogens is 754 g/mol. The monoisotopic (exact) mass is 774 g/mol. The number of para-hydroxylation sites is 1. The van der Waals surface area contributed by atoms with Gasteiger partial charge in [-0.25, -0.2) is 9.97 Å². The van der Waals surface area contributed by atoms with Crippen molar-refractivity contribution >= 4 is 78.8 Å². The molecule has 2 aliphatic heterocycles. The second kappa shape index (κ2) is 12.5. The molecule has 47 heavy (non-hydrogen) atoms. The summed E-state index contributed by atoms with van der Waals surface area (Å²) in [5, 5.41) is 0. The van der Waals surface area contributed by atoms with Crippen LogP contribution < -0.4 is 4.18 Å². The molecule has 0 fully saturated rings. The molecule has 0 amide bonds. The minimum absolute atomic E-state index is 0.716. The van der Waals surface area contributed by atoms with Crippen molar-refractivity contribution in [2.75, 3.05) is 0 Å². The van der Waals surface area contributed by atoms with Crippen molar-refractivity contribution in [3.05, 3.63) is 102 Å². The van der Waals surface area contributed by atoms with Gasteiger partial charge in [-0.3, -0.25) is 0 Å². The van der Waals surface area contributed by atoms with Crippen molar-refractivity contribution in [1.29, 1.82) is 0 Å². The molecule has 21 heteroatoms. The zero-order valence-electron chi connectivity index (χ0n) is 23.6. The number of benzene rings is 1. The second-order valence-electron chi connectivity index (χ2n) is 10.3. The Morgan fingerprint density at radius 2 is 0.830 bits per heavy atom. The SMILES string of the molecule is C1=Cc2cc3ccc(cc4nc(cc5ccc(cc1n2)[nH]5)C=C4)[nH]3.O=[S](=O)(O)[Zn]([S](=O)(=O)O)([S](=O)(=O)O)[S](=O)(=O)Oc1ccccc1. The standard InChI is InChI=1S/C20H14N4.C6H5O3S.3HO3S.Zn/c1-2-14-10-16-5-6-18(23-16)12-20-8-7-19(24-20)11-17-4-3-15(22-17)9-13(1)21-14;7-10(8)9-6-4-2-1-3-5-6;3*1-4(2)3;/h1-12,21,24H;1-5H;3*(H,1,2,3);. The van der Waals surface area contributed by atoms with E-state index < -0.39 is 48.1 Å². The molecule has 0 unspecified atom stereocenters. The van der Waals surface area contributed by atoms with Crippen molar-refractivity contribution in [2.45, 2.75) is 0 Å². The van der Waals surface area contributed by atoms with Gasteiger partial charge in [-0.2, -0.15) is 0 Å². The topological polar surface area (TPSA) is 264 Å². The summed E-state index contributed by atoms with van der Waals surface area (Å²) < 4.78 is 123. The molecule has 244 valence electrons. The normalized spacial score (nSPS) is 13.2. The number of fused-ring (bicyclic) bond motifs is 8. The van der Waals surface area contributed by atoms with Gasteiger partial charge in [0.1, 0.15) is 0 Å². The Morgan fingerprint density at radius 3 is 1.13 bits per heavy atom. The molecular formula is C26H22N4O12S4Zn. The Bertz CT molecular complexity index is 2290. The molecule has 0 saturated heterocycles. The van der Waals surface area contributed by atoms with Crippen LogP contribution in [0, 0.1) is 0 Å². The van der Waals surface area contributed by atoms with E-state index in [9.17, 15) is 33.7 Å².